The van der Waals surface area contributed by atoms with E-state index < -0.39 is 0 Å². The Labute approximate surface area is 277 Å². The average molecular weight is 650 g/mol. The SMILES string of the molecule is CC(=O)c1c(C)c2cnc(Nc3ccc(N4CCN(Cc5ccc(C6CCC(=O)NC6=O)cn5)CC4)cn3)nc2n(C2CCCC2)c1=O. The standard InChI is InChI=1S/C35H39N9O4/c1-21-28-19-38-35(41-32(28)44(25-5-3-4-6-25)34(48)31(21)22(2)45)39-29-11-9-26(18-37-29)43-15-13-42(14-16-43)20-24-8-7-23(17-36-24)27-10-12-30(46)40-33(27)47/h7-9,11,17-19,25,27H,3-6,10,12-16,20H2,1-2H3,(H,40,46,47)(H,37,38,39,41). The minimum Gasteiger partial charge on any atom is -0.368 e. The number of carbonyl (C=O) groups excluding carboxylic acids is 3. The van der Waals surface area contributed by atoms with Gasteiger partial charge in [-0.25, -0.2) is 9.97 Å². The van der Waals surface area contributed by atoms with E-state index in [9.17, 15) is 19.2 Å². The summed E-state index contributed by atoms with van der Waals surface area (Å²) in [5, 5.41) is 6.32. The maximum Gasteiger partial charge on any atom is 0.263 e. The van der Waals surface area contributed by atoms with Gasteiger partial charge in [0, 0.05) is 63.0 Å². The molecule has 1 atom stereocenters. The van der Waals surface area contributed by atoms with Gasteiger partial charge in [0.15, 0.2) is 5.78 Å². The molecule has 1 unspecified atom stereocenters. The highest BCUT2D eigenvalue weighted by Crippen LogP contribution is 2.32. The molecule has 2 N–H and O–H groups in total. The van der Waals surface area contributed by atoms with Crippen molar-refractivity contribution in [3.63, 3.8) is 0 Å². The number of Topliss-reactive ketones (excluding diaryl/α,β-unsaturated/α-hetero) is 1. The summed E-state index contributed by atoms with van der Waals surface area (Å²) in [6.45, 7) is 7.37. The van der Waals surface area contributed by atoms with Gasteiger partial charge >= 0.3 is 0 Å². The average Bonchev–Trinajstić information content (AvgIpc) is 3.61. The number of ketones is 1. The second-order valence-corrected chi connectivity index (χ2v) is 13.0. The molecule has 248 valence electrons. The van der Waals surface area contributed by atoms with Crippen LogP contribution in [0.4, 0.5) is 17.5 Å². The second kappa shape index (κ2) is 13.2. The van der Waals surface area contributed by atoms with Crippen molar-refractivity contribution >= 4 is 46.1 Å². The third-order valence-corrected chi connectivity index (χ3v) is 9.85. The molecule has 0 spiro atoms. The van der Waals surface area contributed by atoms with Crippen LogP contribution in [0.3, 0.4) is 0 Å². The summed E-state index contributed by atoms with van der Waals surface area (Å²) in [6, 6.07) is 7.86. The Morgan fingerprint density at radius 2 is 1.73 bits per heavy atom. The van der Waals surface area contributed by atoms with Crippen molar-refractivity contribution < 1.29 is 14.4 Å². The van der Waals surface area contributed by atoms with E-state index >= 15 is 0 Å². The van der Waals surface area contributed by atoms with Gasteiger partial charge in [-0.3, -0.25) is 38.9 Å². The lowest BCUT2D eigenvalue weighted by Crippen LogP contribution is -2.46. The number of nitrogens with zero attached hydrogens (tertiary/aromatic N) is 7. The fourth-order valence-corrected chi connectivity index (χ4v) is 7.21. The zero-order chi connectivity index (χ0) is 33.4. The molecule has 3 fully saturated rings. The van der Waals surface area contributed by atoms with Gasteiger partial charge in [0.25, 0.3) is 5.56 Å². The first-order valence-corrected chi connectivity index (χ1v) is 16.7. The summed E-state index contributed by atoms with van der Waals surface area (Å²) >= 11 is 0. The normalized spacial score (nSPS) is 19.1. The lowest BCUT2D eigenvalue weighted by atomic mass is 9.91. The summed E-state index contributed by atoms with van der Waals surface area (Å²) in [4.78, 5) is 72.7. The highest BCUT2D eigenvalue weighted by Gasteiger charge is 2.29. The quantitative estimate of drug-likeness (QED) is 0.212. The van der Waals surface area contributed by atoms with Crippen LogP contribution in [0.25, 0.3) is 11.0 Å². The molecule has 4 aromatic rings. The third kappa shape index (κ3) is 6.29. The van der Waals surface area contributed by atoms with Crippen LogP contribution < -0.4 is 21.1 Å². The lowest BCUT2D eigenvalue weighted by molar-refractivity contribution is -0.134. The molecule has 2 amide bonds. The zero-order valence-corrected chi connectivity index (χ0v) is 27.2. The van der Waals surface area contributed by atoms with E-state index in [1.807, 2.05) is 30.5 Å². The highest BCUT2D eigenvalue weighted by molar-refractivity contribution is 6.01. The van der Waals surface area contributed by atoms with Gasteiger partial charge in [-0.1, -0.05) is 18.9 Å². The number of fused-ring (bicyclic) bond motifs is 1. The molecule has 2 saturated heterocycles. The molecule has 0 bridgehead atoms. The van der Waals surface area contributed by atoms with Crippen LogP contribution in [0.15, 0.2) is 47.7 Å². The Balaban J connectivity index is 0.983. The maximum atomic E-state index is 13.5. The molecule has 3 aliphatic rings. The van der Waals surface area contributed by atoms with Crippen LogP contribution in [-0.2, 0) is 16.1 Å². The molecule has 2 aliphatic heterocycles. The number of imide groups is 1. The number of aromatic nitrogens is 5. The van der Waals surface area contributed by atoms with Crippen molar-refractivity contribution in [3.8, 4) is 0 Å². The number of aryl methyl sites for hydroxylation is 1. The fraction of sp³-hybridized carbons (Fsp3) is 0.429. The number of piperazine rings is 1. The summed E-state index contributed by atoms with van der Waals surface area (Å²) < 4.78 is 1.71. The van der Waals surface area contributed by atoms with E-state index in [0.717, 1.165) is 75.4 Å². The van der Waals surface area contributed by atoms with E-state index in [-0.39, 0.29) is 40.7 Å². The Morgan fingerprint density at radius 3 is 2.40 bits per heavy atom. The molecule has 6 heterocycles. The number of pyridine rings is 3. The Morgan fingerprint density at radius 1 is 0.938 bits per heavy atom. The number of amides is 2. The largest absolute Gasteiger partial charge is 0.368 e. The molecule has 0 radical (unpaired) electrons. The third-order valence-electron chi connectivity index (χ3n) is 9.85. The molecule has 1 saturated carbocycles. The van der Waals surface area contributed by atoms with E-state index in [0.29, 0.717) is 41.2 Å². The van der Waals surface area contributed by atoms with Gasteiger partial charge in [0.2, 0.25) is 17.8 Å². The van der Waals surface area contributed by atoms with Crippen LogP contribution in [0, 0.1) is 6.92 Å². The van der Waals surface area contributed by atoms with Crippen LogP contribution in [-0.4, -0.2) is 73.2 Å². The Hall–Kier alpha value is -5.04. The number of piperidine rings is 1. The fourth-order valence-electron chi connectivity index (χ4n) is 7.21. The van der Waals surface area contributed by atoms with Crippen molar-refractivity contribution in [2.24, 2.45) is 0 Å². The van der Waals surface area contributed by atoms with E-state index in [1.165, 1.54) is 6.92 Å². The predicted molar refractivity (Wildman–Crippen MR) is 180 cm³/mol. The summed E-state index contributed by atoms with van der Waals surface area (Å²) in [6.07, 6.45) is 10.0. The molecule has 1 aliphatic carbocycles. The number of anilines is 3. The first-order chi connectivity index (χ1) is 23.2. The number of hydrogen-bond donors (Lipinski definition) is 2. The minimum atomic E-state index is -0.324. The van der Waals surface area contributed by atoms with Gasteiger partial charge in [0.1, 0.15) is 11.5 Å². The van der Waals surface area contributed by atoms with E-state index in [1.54, 1.807) is 23.9 Å². The van der Waals surface area contributed by atoms with Crippen LogP contribution in [0.2, 0.25) is 0 Å². The summed E-state index contributed by atoms with van der Waals surface area (Å²) in [5.41, 5.74) is 3.91. The van der Waals surface area contributed by atoms with Crippen LogP contribution >= 0.6 is 0 Å². The Kier molecular flexibility index (Phi) is 8.69. The number of rotatable bonds is 8. The van der Waals surface area contributed by atoms with E-state index in [2.05, 4.69) is 35.4 Å². The minimum absolute atomic E-state index is 0.0149. The smallest absolute Gasteiger partial charge is 0.263 e. The Bertz CT molecular complexity index is 1930. The maximum absolute atomic E-state index is 13.5. The molecular weight excluding hydrogens is 610 g/mol. The highest BCUT2D eigenvalue weighted by atomic mass is 16.2. The molecule has 48 heavy (non-hydrogen) atoms. The zero-order valence-electron chi connectivity index (χ0n) is 27.2. The van der Waals surface area contributed by atoms with Crippen molar-refractivity contribution in [2.75, 3.05) is 36.4 Å². The summed E-state index contributed by atoms with van der Waals surface area (Å²) in [5.74, 6) is -0.0900. The van der Waals surface area contributed by atoms with Crippen LogP contribution in [0.1, 0.15) is 84.6 Å². The van der Waals surface area contributed by atoms with E-state index in [4.69, 9.17) is 4.98 Å². The molecule has 13 heteroatoms. The van der Waals surface area contributed by atoms with Crippen LogP contribution in [0.5, 0.6) is 0 Å². The lowest BCUT2D eigenvalue weighted by Gasteiger charge is -2.35. The van der Waals surface area contributed by atoms with Gasteiger partial charge in [-0.05, 0) is 62.4 Å². The molecule has 13 nitrogen and oxygen atoms in total. The molecule has 4 aromatic heterocycles. The van der Waals surface area contributed by atoms with Crippen molar-refractivity contribution in [1.82, 2.24) is 34.7 Å². The van der Waals surface area contributed by atoms with Gasteiger partial charge < -0.3 is 10.2 Å². The first-order valence-electron chi connectivity index (χ1n) is 16.7. The van der Waals surface area contributed by atoms with Gasteiger partial charge in [-0.15, -0.1) is 0 Å². The number of carbonyl (C=O) groups is 3. The predicted octanol–water partition coefficient (Wildman–Crippen LogP) is 3.79. The van der Waals surface area contributed by atoms with Gasteiger partial charge in [0.05, 0.1) is 29.1 Å². The first kappa shape index (κ1) is 31.6. The van der Waals surface area contributed by atoms with Crippen molar-refractivity contribution in [1.29, 1.82) is 0 Å². The topological polar surface area (TPSA) is 155 Å². The van der Waals surface area contributed by atoms with Crippen molar-refractivity contribution in [2.45, 2.75) is 70.9 Å². The number of nitrogens with one attached hydrogen (secondary N) is 2. The van der Waals surface area contributed by atoms with Crippen molar-refractivity contribution in [3.05, 3.63) is 75.6 Å². The molecule has 0 aromatic carbocycles. The molecule has 7 rings (SSSR count). The second-order valence-electron chi connectivity index (χ2n) is 13.0. The summed E-state index contributed by atoms with van der Waals surface area (Å²) in [7, 11) is 0. The number of hydrogen-bond acceptors (Lipinski definition) is 11. The molecular formula is C35H39N9O4. The monoisotopic (exact) mass is 649 g/mol. The van der Waals surface area contributed by atoms with Gasteiger partial charge in [-0.2, -0.15) is 4.98 Å².